The highest BCUT2D eigenvalue weighted by Gasteiger charge is 2.31. The topological polar surface area (TPSA) is 70.7 Å². The molecule has 7 heteroatoms. The van der Waals surface area contributed by atoms with Crippen LogP contribution in [0.3, 0.4) is 0 Å². The monoisotopic (exact) mass is 530 g/mol. The van der Waals surface area contributed by atoms with Crippen LogP contribution in [0.5, 0.6) is 11.5 Å². The molecule has 7 nitrogen and oxygen atoms in total. The van der Waals surface area contributed by atoms with E-state index in [-0.39, 0.29) is 18.1 Å². The van der Waals surface area contributed by atoms with Crippen LogP contribution in [0.25, 0.3) is 5.57 Å². The number of fused-ring (bicyclic) bond motifs is 1. The zero-order chi connectivity index (χ0) is 28.1. The minimum absolute atomic E-state index is 0.0127. The van der Waals surface area contributed by atoms with E-state index in [1.165, 1.54) is 11.1 Å². The molecule has 3 aromatic rings. The molecule has 1 atom stereocenters. The molecule has 0 bridgehead atoms. The number of carbonyl (C=O) groups excluding carboxylic acids is 1. The number of ether oxygens (including phenoxy) is 2. The number of nitrogens with one attached hydrogen (secondary N) is 1. The molecular weight excluding hydrogens is 488 g/mol. The smallest absolute Gasteiger partial charge is 0.253 e. The number of allylic oxidation sites excluding steroid dienone is 2. The summed E-state index contributed by atoms with van der Waals surface area (Å²) in [5.41, 5.74) is 6.49. The molecule has 1 N–H and O–H groups in total. The fraction of sp³-hybridized carbons (Fsp3) is 0.438. The number of amides is 1. The molecule has 0 saturated carbocycles. The molecular formula is C32H42N4O3. The maximum absolute atomic E-state index is 13.0. The van der Waals surface area contributed by atoms with E-state index in [1.807, 2.05) is 57.8 Å². The summed E-state index contributed by atoms with van der Waals surface area (Å²) in [6.07, 6.45) is 4.92. The lowest BCUT2D eigenvalue weighted by Crippen LogP contribution is -2.36. The molecule has 0 fully saturated rings. The lowest BCUT2D eigenvalue weighted by atomic mass is 9.87. The van der Waals surface area contributed by atoms with Crippen molar-refractivity contribution < 1.29 is 14.3 Å². The number of rotatable bonds is 10. The van der Waals surface area contributed by atoms with Gasteiger partial charge in [-0.05, 0) is 94.5 Å². The van der Waals surface area contributed by atoms with E-state index in [1.54, 1.807) is 7.11 Å². The van der Waals surface area contributed by atoms with Gasteiger partial charge >= 0.3 is 0 Å². The molecule has 0 aliphatic carbocycles. The summed E-state index contributed by atoms with van der Waals surface area (Å²) < 4.78 is 11.9. The Morgan fingerprint density at radius 1 is 1.18 bits per heavy atom. The predicted molar refractivity (Wildman–Crippen MR) is 156 cm³/mol. The van der Waals surface area contributed by atoms with Crippen LogP contribution in [0.15, 0.2) is 48.7 Å². The van der Waals surface area contributed by atoms with Crippen molar-refractivity contribution in [3.8, 4) is 11.5 Å². The number of carbonyl (C=O) groups is 1. The molecule has 4 rings (SSSR count). The van der Waals surface area contributed by atoms with Crippen molar-refractivity contribution in [1.82, 2.24) is 19.8 Å². The van der Waals surface area contributed by atoms with Crippen LogP contribution in [0, 0.1) is 0 Å². The number of nitrogens with zero attached hydrogens (tertiary/aromatic N) is 3. The van der Waals surface area contributed by atoms with E-state index in [0.29, 0.717) is 18.7 Å². The van der Waals surface area contributed by atoms with Gasteiger partial charge in [0.15, 0.2) is 11.5 Å². The highest BCUT2D eigenvalue weighted by atomic mass is 16.5. The molecule has 39 heavy (non-hydrogen) atoms. The van der Waals surface area contributed by atoms with Crippen molar-refractivity contribution in [2.45, 2.75) is 66.7 Å². The summed E-state index contributed by atoms with van der Waals surface area (Å²) in [6.45, 7) is 15.1. The second-order valence-electron chi connectivity index (χ2n) is 10.3. The SMILES string of the molecule is C/C=C(\C)c1ncc(CN2CCc3cc(OC)c(OC(C)C)cc3C2c2ccc(C(=O)N(CC)CC)cc2)[nH]1. The number of hydrogen-bond acceptors (Lipinski definition) is 5. The first-order valence-corrected chi connectivity index (χ1v) is 14.0. The third-order valence-corrected chi connectivity index (χ3v) is 7.45. The van der Waals surface area contributed by atoms with Crippen LogP contribution in [-0.4, -0.2) is 58.5 Å². The first-order chi connectivity index (χ1) is 18.8. The van der Waals surface area contributed by atoms with E-state index in [4.69, 9.17) is 9.47 Å². The summed E-state index contributed by atoms with van der Waals surface area (Å²) in [4.78, 5) is 25.4. The highest BCUT2D eigenvalue weighted by molar-refractivity contribution is 5.94. The number of aromatic amines is 1. The average molecular weight is 531 g/mol. The zero-order valence-corrected chi connectivity index (χ0v) is 24.4. The van der Waals surface area contributed by atoms with Crippen LogP contribution in [0.2, 0.25) is 0 Å². The van der Waals surface area contributed by atoms with Gasteiger partial charge in [0.05, 0.1) is 19.3 Å². The van der Waals surface area contributed by atoms with Gasteiger partial charge in [0, 0.05) is 43.6 Å². The van der Waals surface area contributed by atoms with Gasteiger partial charge in [-0.25, -0.2) is 4.98 Å². The number of hydrogen-bond donors (Lipinski definition) is 1. The first-order valence-electron chi connectivity index (χ1n) is 14.0. The Labute approximate surface area is 232 Å². The average Bonchev–Trinajstić information content (AvgIpc) is 3.41. The summed E-state index contributed by atoms with van der Waals surface area (Å²) >= 11 is 0. The largest absolute Gasteiger partial charge is 0.493 e. The Hall–Kier alpha value is -3.58. The van der Waals surface area contributed by atoms with Crippen LogP contribution >= 0.6 is 0 Å². The fourth-order valence-electron chi connectivity index (χ4n) is 5.24. The summed E-state index contributed by atoms with van der Waals surface area (Å²) in [6, 6.07) is 12.4. The van der Waals surface area contributed by atoms with Crippen molar-refractivity contribution in [3.63, 3.8) is 0 Å². The number of aromatic nitrogens is 2. The third-order valence-electron chi connectivity index (χ3n) is 7.45. The van der Waals surface area contributed by atoms with Gasteiger partial charge in [-0.1, -0.05) is 18.2 Å². The molecule has 208 valence electrons. The van der Waals surface area contributed by atoms with Gasteiger partial charge < -0.3 is 19.4 Å². The van der Waals surface area contributed by atoms with Gasteiger partial charge in [0.2, 0.25) is 0 Å². The molecule has 0 radical (unpaired) electrons. The molecule has 0 spiro atoms. The lowest BCUT2D eigenvalue weighted by Gasteiger charge is -2.38. The van der Waals surface area contributed by atoms with E-state index in [9.17, 15) is 4.79 Å². The zero-order valence-electron chi connectivity index (χ0n) is 24.4. The Balaban J connectivity index is 1.75. The molecule has 0 saturated heterocycles. The number of imidazole rings is 1. The molecule has 1 amide bonds. The van der Waals surface area contributed by atoms with Gasteiger partial charge in [0.25, 0.3) is 5.91 Å². The van der Waals surface area contributed by atoms with Gasteiger partial charge in [0.1, 0.15) is 5.82 Å². The standard InChI is InChI=1S/C32H42N4O3/c1-8-22(6)31-33-19-26(34-31)20-36-16-15-25-17-28(38-7)29(39-21(4)5)18-27(25)30(36)23-11-13-24(14-12-23)32(37)35(9-2)10-3/h8,11-14,17-19,21,30H,9-10,15-16,20H2,1-7H3,(H,33,34)/b22-8+. The minimum Gasteiger partial charge on any atom is -0.493 e. The summed E-state index contributed by atoms with van der Waals surface area (Å²) in [7, 11) is 1.69. The first kappa shape index (κ1) is 28.4. The molecule has 2 aromatic carbocycles. The van der Waals surface area contributed by atoms with Crippen LogP contribution < -0.4 is 9.47 Å². The maximum atomic E-state index is 13.0. The Kier molecular flexibility index (Phi) is 9.12. The summed E-state index contributed by atoms with van der Waals surface area (Å²) in [5, 5.41) is 0. The fourth-order valence-corrected chi connectivity index (χ4v) is 5.24. The van der Waals surface area contributed by atoms with Gasteiger partial charge in [-0.15, -0.1) is 0 Å². The Morgan fingerprint density at radius 3 is 2.51 bits per heavy atom. The molecule has 2 heterocycles. The van der Waals surface area contributed by atoms with E-state index in [2.05, 4.69) is 52.1 Å². The van der Waals surface area contributed by atoms with Crippen molar-refractivity contribution in [2.24, 2.45) is 0 Å². The van der Waals surface area contributed by atoms with Crippen molar-refractivity contribution >= 4 is 11.5 Å². The normalized spacial score (nSPS) is 15.8. The third kappa shape index (κ3) is 6.19. The van der Waals surface area contributed by atoms with Crippen LogP contribution in [-0.2, 0) is 13.0 Å². The van der Waals surface area contributed by atoms with E-state index in [0.717, 1.165) is 53.7 Å². The van der Waals surface area contributed by atoms with Crippen molar-refractivity contribution in [3.05, 3.63) is 82.4 Å². The lowest BCUT2D eigenvalue weighted by molar-refractivity contribution is 0.0773. The maximum Gasteiger partial charge on any atom is 0.253 e. The molecule has 1 aromatic heterocycles. The predicted octanol–water partition coefficient (Wildman–Crippen LogP) is 6.26. The molecule has 1 aliphatic heterocycles. The van der Waals surface area contributed by atoms with E-state index >= 15 is 0 Å². The minimum atomic E-state index is -0.0127. The summed E-state index contributed by atoms with van der Waals surface area (Å²) in [5.74, 6) is 2.47. The van der Waals surface area contributed by atoms with Crippen LogP contribution in [0.1, 0.15) is 86.2 Å². The Bertz CT molecular complexity index is 1310. The number of H-pyrrole nitrogens is 1. The molecule has 1 unspecified atom stereocenters. The van der Waals surface area contributed by atoms with E-state index < -0.39 is 0 Å². The van der Waals surface area contributed by atoms with Crippen molar-refractivity contribution in [2.75, 3.05) is 26.7 Å². The van der Waals surface area contributed by atoms with Crippen LogP contribution in [0.4, 0.5) is 0 Å². The number of benzene rings is 2. The second-order valence-corrected chi connectivity index (χ2v) is 10.3. The van der Waals surface area contributed by atoms with Gasteiger partial charge in [-0.2, -0.15) is 0 Å². The quantitative estimate of drug-likeness (QED) is 0.335. The van der Waals surface area contributed by atoms with Gasteiger partial charge in [-0.3, -0.25) is 9.69 Å². The Morgan fingerprint density at radius 2 is 1.90 bits per heavy atom. The molecule has 1 aliphatic rings. The highest BCUT2D eigenvalue weighted by Crippen LogP contribution is 2.42. The van der Waals surface area contributed by atoms with Crippen molar-refractivity contribution in [1.29, 1.82) is 0 Å². The second kappa shape index (κ2) is 12.5. The number of methoxy groups -OCH3 is 1.